The lowest BCUT2D eigenvalue weighted by Gasteiger charge is -2.11. The van der Waals surface area contributed by atoms with Crippen LogP contribution in [0.25, 0.3) is 5.52 Å². The molecule has 0 aliphatic rings. The highest BCUT2D eigenvalue weighted by Gasteiger charge is 2.29. The van der Waals surface area contributed by atoms with Crippen molar-refractivity contribution in [2.45, 2.75) is 12.6 Å². The zero-order valence-corrected chi connectivity index (χ0v) is 12.1. The van der Waals surface area contributed by atoms with Crippen molar-refractivity contribution in [3.05, 3.63) is 76.9 Å². The highest BCUT2D eigenvalue weighted by molar-refractivity contribution is 5.87. The maximum absolute atomic E-state index is 13.7. The fraction of sp³-hybridized carbons (Fsp3) is 0.118. The molecule has 1 N–H and O–H groups in total. The molecular formula is C17H11F4NO2. The molecule has 0 amide bonds. The first kappa shape index (κ1) is 16.0. The number of rotatable bonds is 3. The first-order valence-corrected chi connectivity index (χ1v) is 6.95. The van der Waals surface area contributed by atoms with Gasteiger partial charge >= 0.3 is 12.1 Å². The summed E-state index contributed by atoms with van der Waals surface area (Å²) in [6.07, 6.45) is -4.33. The third-order valence-corrected chi connectivity index (χ3v) is 3.67. The molecule has 24 heavy (non-hydrogen) atoms. The van der Waals surface area contributed by atoms with Gasteiger partial charge in [0.15, 0.2) is 0 Å². The number of carboxylic acid groups (broad SMARTS) is 1. The molecule has 3 rings (SSSR count). The van der Waals surface area contributed by atoms with Gasteiger partial charge < -0.3 is 9.51 Å². The zero-order valence-electron chi connectivity index (χ0n) is 12.1. The second-order valence-corrected chi connectivity index (χ2v) is 5.32. The predicted molar refractivity (Wildman–Crippen MR) is 78.6 cm³/mol. The minimum Gasteiger partial charge on any atom is -0.477 e. The molecule has 0 aliphatic heterocycles. The van der Waals surface area contributed by atoms with E-state index >= 15 is 0 Å². The quantitative estimate of drug-likeness (QED) is 0.721. The van der Waals surface area contributed by atoms with Crippen LogP contribution in [0.15, 0.2) is 48.5 Å². The van der Waals surface area contributed by atoms with E-state index in [1.165, 1.54) is 40.8 Å². The Hall–Kier alpha value is -2.83. The third-order valence-electron chi connectivity index (χ3n) is 3.67. The SMILES string of the molecule is O=C(O)c1ccc2cc(F)cc(Cc3ccc(C(F)(F)F)cc3)n12. The largest absolute Gasteiger partial charge is 0.477 e. The standard InChI is InChI=1S/C17H11F4NO2/c18-12-8-13-5-6-15(16(23)24)22(13)14(9-12)7-10-1-3-11(4-2-10)17(19,20)21/h1-6,8-9H,7H2,(H,23,24). The van der Waals surface area contributed by atoms with Crippen molar-refractivity contribution in [3.63, 3.8) is 0 Å². The molecule has 124 valence electrons. The van der Waals surface area contributed by atoms with Gasteiger partial charge in [-0.2, -0.15) is 13.2 Å². The third kappa shape index (κ3) is 2.97. The Bertz CT molecular complexity index is 911. The summed E-state index contributed by atoms with van der Waals surface area (Å²) >= 11 is 0. The molecule has 0 atom stereocenters. The molecule has 0 bridgehead atoms. The van der Waals surface area contributed by atoms with Crippen molar-refractivity contribution in [3.8, 4) is 0 Å². The van der Waals surface area contributed by atoms with E-state index in [-0.39, 0.29) is 12.1 Å². The summed E-state index contributed by atoms with van der Waals surface area (Å²) in [4.78, 5) is 11.3. The molecule has 0 saturated carbocycles. The molecule has 0 radical (unpaired) electrons. The predicted octanol–water partition coefficient (Wildman–Crippen LogP) is 4.39. The van der Waals surface area contributed by atoms with Crippen molar-refractivity contribution in [2.75, 3.05) is 0 Å². The van der Waals surface area contributed by atoms with Crippen LogP contribution in [0, 0.1) is 5.82 Å². The van der Waals surface area contributed by atoms with Crippen LogP contribution >= 0.6 is 0 Å². The highest BCUT2D eigenvalue weighted by Crippen LogP contribution is 2.29. The lowest BCUT2D eigenvalue weighted by Crippen LogP contribution is -2.08. The van der Waals surface area contributed by atoms with Gasteiger partial charge in [0, 0.05) is 17.6 Å². The van der Waals surface area contributed by atoms with Crippen LogP contribution in [-0.2, 0) is 12.6 Å². The fourth-order valence-corrected chi connectivity index (χ4v) is 2.61. The van der Waals surface area contributed by atoms with E-state index in [1.54, 1.807) is 0 Å². The van der Waals surface area contributed by atoms with Gasteiger partial charge in [-0.1, -0.05) is 12.1 Å². The summed E-state index contributed by atoms with van der Waals surface area (Å²) in [5, 5.41) is 9.22. The van der Waals surface area contributed by atoms with Crippen LogP contribution in [0.1, 0.15) is 27.3 Å². The van der Waals surface area contributed by atoms with Crippen LogP contribution in [0.5, 0.6) is 0 Å². The maximum atomic E-state index is 13.7. The summed E-state index contributed by atoms with van der Waals surface area (Å²) in [7, 11) is 0. The normalized spacial score (nSPS) is 11.8. The number of aromatic nitrogens is 1. The molecule has 1 aromatic carbocycles. The number of fused-ring (bicyclic) bond motifs is 1. The summed E-state index contributed by atoms with van der Waals surface area (Å²) in [5.41, 5.74) is 0.413. The van der Waals surface area contributed by atoms with Crippen molar-refractivity contribution in [2.24, 2.45) is 0 Å². The number of benzene rings is 1. The van der Waals surface area contributed by atoms with Crippen LogP contribution in [0.4, 0.5) is 17.6 Å². The van der Waals surface area contributed by atoms with Gasteiger partial charge in [0.2, 0.25) is 0 Å². The minimum atomic E-state index is -4.43. The molecule has 2 aromatic heterocycles. The summed E-state index contributed by atoms with van der Waals surface area (Å²) in [6, 6.07) is 9.68. The van der Waals surface area contributed by atoms with Crippen molar-refractivity contribution < 1.29 is 27.5 Å². The van der Waals surface area contributed by atoms with Crippen LogP contribution < -0.4 is 0 Å². The number of alkyl halides is 3. The molecule has 3 nitrogen and oxygen atoms in total. The van der Waals surface area contributed by atoms with E-state index < -0.39 is 23.5 Å². The number of carboxylic acids is 1. The van der Waals surface area contributed by atoms with Crippen LogP contribution in [0.3, 0.4) is 0 Å². The first-order valence-electron chi connectivity index (χ1n) is 6.95. The molecule has 0 aliphatic carbocycles. The lowest BCUT2D eigenvalue weighted by molar-refractivity contribution is -0.137. The van der Waals surface area contributed by atoms with Gasteiger partial charge in [-0.25, -0.2) is 9.18 Å². The van der Waals surface area contributed by atoms with Crippen LogP contribution in [-0.4, -0.2) is 15.5 Å². The lowest BCUT2D eigenvalue weighted by atomic mass is 10.1. The first-order chi connectivity index (χ1) is 11.3. The number of hydrogen-bond donors (Lipinski definition) is 1. The molecule has 7 heteroatoms. The second-order valence-electron chi connectivity index (χ2n) is 5.32. The number of carbonyl (C=O) groups is 1. The Morgan fingerprint density at radius 1 is 1.04 bits per heavy atom. The molecule has 0 fully saturated rings. The average Bonchev–Trinajstić information content (AvgIpc) is 2.91. The summed E-state index contributed by atoms with van der Waals surface area (Å²) in [6.45, 7) is 0. The fourth-order valence-electron chi connectivity index (χ4n) is 2.61. The molecule has 3 aromatic rings. The molecule has 0 spiro atoms. The van der Waals surface area contributed by atoms with E-state index in [2.05, 4.69) is 0 Å². The maximum Gasteiger partial charge on any atom is 0.416 e. The zero-order chi connectivity index (χ0) is 17.5. The number of hydrogen-bond acceptors (Lipinski definition) is 1. The minimum absolute atomic E-state index is 0.0353. The van der Waals surface area contributed by atoms with Crippen molar-refractivity contribution in [1.82, 2.24) is 4.40 Å². The Morgan fingerprint density at radius 2 is 1.71 bits per heavy atom. The number of aromatic carboxylic acids is 1. The van der Waals surface area contributed by atoms with E-state index in [0.29, 0.717) is 16.8 Å². The van der Waals surface area contributed by atoms with Gasteiger partial charge in [-0.15, -0.1) is 0 Å². The smallest absolute Gasteiger partial charge is 0.416 e. The van der Waals surface area contributed by atoms with Gasteiger partial charge in [0.25, 0.3) is 0 Å². The van der Waals surface area contributed by atoms with E-state index in [1.807, 2.05) is 0 Å². The van der Waals surface area contributed by atoms with E-state index in [9.17, 15) is 27.5 Å². The molecule has 0 unspecified atom stereocenters. The Labute approximate surface area is 133 Å². The monoisotopic (exact) mass is 337 g/mol. The van der Waals surface area contributed by atoms with Gasteiger partial charge in [0.1, 0.15) is 11.5 Å². The molecular weight excluding hydrogens is 326 g/mol. The average molecular weight is 337 g/mol. The Balaban J connectivity index is 2.03. The Kier molecular flexibility index (Phi) is 3.79. The molecule has 2 heterocycles. The number of nitrogens with zero attached hydrogens (tertiary/aromatic N) is 1. The van der Waals surface area contributed by atoms with Crippen molar-refractivity contribution in [1.29, 1.82) is 0 Å². The molecule has 0 saturated heterocycles. The topological polar surface area (TPSA) is 41.7 Å². The van der Waals surface area contributed by atoms with Gasteiger partial charge in [-0.3, -0.25) is 0 Å². The highest BCUT2D eigenvalue weighted by atomic mass is 19.4. The van der Waals surface area contributed by atoms with E-state index in [0.717, 1.165) is 12.1 Å². The Morgan fingerprint density at radius 3 is 2.29 bits per heavy atom. The number of halogens is 4. The van der Waals surface area contributed by atoms with Crippen molar-refractivity contribution >= 4 is 11.5 Å². The number of pyridine rings is 1. The van der Waals surface area contributed by atoms with Crippen LogP contribution in [0.2, 0.25) is 0 Å². The summed E-state index contributed by atoms with van der Waals surface area (Å²) in [5.74, 6) is -1.71. The second kappa shape index (κ2) is 5.67. The van der Waals surface area contributed by atoms with Gasteiger partial charge in [0.05, 0.1) is 5.56 Å². The summed E-state index contributed by atoms with van der Waals surface area (Å²) < 4.78 is 52.9. The van der Waals surface area contributed by atoms with E-state index in [4.69, 9.17) is 0 Å². The van der Waals surface area contributed by atoms with Gasteiger partial charge in [-0.05, 0) is 42.0 Å².